The number of piperazine rings is 1. The SMILES string of the molecule is CN1CC2COCC1CN2. The predicted molar refractivity (Wildman–Crippen MR) is 39.0 cm³/mol. The van der Waals surface area contributed by atoms with Crippen molar-refractivity contribution >= 4 is 0 Å². The van der Waals surface area contributed by atoms with Crippen LogP contribution in [0.25, 0.3) is 0 Å². The van der Waals surface area contributed by atoms with Gasteiger partial charge < -0.3 is 10.1 Å². The molecule has 0 aliphatic carbocycles. The molecule has 3 fully saturated rings. The van der Waals surface area contributed by atoms with Gasteiger partial charge in [-0.25, -0.2) is 0 Å². The quantitative estimate of drug-likeness (QED) is 0.483. The van der Waals surface area contributed by atoms with Gasteiger partial charge in [0.1, 0.15) is 0 Å². The molecule has 0 aromatic carbocycles. The van der Waals surface area contributed by atoms with Crippen molar-refractivity contribution in [3.63, 3.8) is 0 Å². The fourth-order valence-electron chi connectivity index (χ4n) is 1.66. The van der Waals surface area contributed by atoms with Crippen molar-refractivity contribution in [3.05, 3.63) is 0 Å². The van der Waals surface area contributed by atoms with Crippen LogP contribution in [0.2, 0.25) is 0 Å². The highest BCUT2D eigenvalue weighted by molar-refractivity contribution is 4.86. The highest BCUT2D eigenvalue weighted by atomic mass is 16.5. The van der Waals surface area contributed by atoms with Crippen LogP contribution in [0.4, 0.5) is 0 Å². The van der Waals surface area contributed by atoms with Gasteiger partial charge in [0.05, 0.1) is 13.2 Å². The van der Waals surface area contributed by atoms with Gasteiger partial charge in [0, 0.05) is 25.2 Å². The maximum Gasteiger partial charge on any atom is 0.0634 e. The zero-order valence-corrected chi connectivity index (χ0v) is 6.34. The first kappa shape index (κ1) is 6.58. The number of hydrogen-bond donors (Lipinski definition) is 1. The van der Waals surface area contributed by atoms with Crippen molar-refractivity contribution in [2.24, 2.45) is 0 Å². The second-order valence-electron chi connectivity index (χ2n) is 3.24. The molecular formula is C7H14N2O. The Kier molecular flexibility index (Phi) is 1.64. The number of hydrogen-bond acceptors (Lipinski definition) is 3. The molecule has 2 unspecified atom stereocenters. The molecule has 0 spiro atoms. The molecule has 0 aromatic rings. The third-order valence-electron chi connectivity index (χ3n) is 2.40. The lowest BCUT2D eigenvalue weighted by atomic mass is 10.2. The number of likely N-dealkylation sites (N-methyl/N-ethyl adjacent to an activating group) is 1. The van der Waals surface area contributed by atoms with Gasteiger partial charge in [-0.1, -0.05) is 0 Å². The van der Waals surface area contributed by atoms with Gasteiger partial charge in [-0.3, -0.25) is 4.90 Å². The standard InChI is InChI=1S/C7H14N2O/c1-9-3-6-4-10-5-7(9)2-8-6/h6-8H,2-5H2,1H3. The maximum absolute atomic E-state index is 5.45. The molecule has 0 amide bonds. The number of fused-ring (bicyclic) bond motifs is 4. The van der Waals surface area contributed by atoms with E-state index in [0.717, 1.165) is 26.3 Å². The minimum Gasteiger partial charge on any atom is -0.378 e. The third kappa shape index (κ3) is 1.05. The van der Waals surface area contributed by atoms with E-state index in [1.807, 2.05) is 0 Å². The molecule has 0 saturated carbocycles. The lowest BCUT2D eigenvalue weighted by Gasteiger charge is -2.32. The van der Waals surface area contributed by atoms with Gasteiger partial charge in [0.15, 0.2) is 0 Å². The van der Waals surface area contributed by atoms with Crippen molar-refractivity contribution in [3.8, 4) is 0 Å². The summed E-state index contributed by atoms with van der Waals surface area (Å²) in [6.07, 6.45) is 0. The average Bonchev–Trinajstić information content (AvgIpc) is 2.20. The second-order valence-corrected chi connectivity index (χ2v) is 3.24. The zero-order valence-electron chi connectivity index (χ0n) is 6.34. The van der Waals surface area contributed by atoms with Gasteiger partial charge in [0.25, 0.3) is 0 Å². The van der Waals surface area contributed by atoms with E-state index < -0.39 is 0 Å². The molecule has 3 heterocycles. The van der Waals surface area contributed by atoms with Gasteiger partial charge in [-0.2, -0.15) is 0 Å². The van der Waals surface area contributed by atoms with E-state index in [-0.39, 0.29) is 0 Å². The molecule has 0 radical (unpaired) electrons. The number of nitrogens with zero attached hydrogens (tertiary/aromatic N) is 1. The summed E-state index contributed by atoms with van der Waals surface area (Å²) in [5, 5.41) is 3.44. The summed E-state index contributed by atoms with van der Waals surface area (Å²) in [6.45, 7) is 4.03. The first-order valence-electron chi connectivity index (χ1n) is 3.87. The van der Waals surface area contributed by atoms with Crippen LogP contribution in [0.3, 0.4) is 0 Å². The Morgan fingerprint density at radius 1 is 1.50 bits per heavy atom. The van der Waals surface area contributed by atoms with Crippen molar-refractivity contribution in [2.75, 3.05) is 33.4 Å². The van der Waals surface area contributed by atoms with E-state index >= 15 is 0 Å². The Bertz CT molecular complexity index is 125. The first-order valence-corrected chi connectivity index (χ1v) is 3.87. The van der Waals surface area contributed by atoms with E-state index in [1.54, 1.807) is 0 Å². The van der Waals surface area contributed by atoms with E-state index in [9.17, 15) is 0 Å². The van der Waals surface area contributed by atoms with Gasteiger partial charge in [0.2, 0.25) is 0 Å². The summed E-state index contributed by atoms with van der Waals surface area (Å²) < 4.78 is 5.45. The van der Waals surface area contributed by atoms with Crippen LogP contribution in [0.5, 0.6) is 0 Å². The Labute approximate surface area is 61.3 Å². The van der Waals surface area contributed by atoms with E-state index in [4.69, 9.17) is 4.74 Å². The zero-order chi connectivity index (χ0) is 6.97. The molecule has 3 nitrogen and oxygen atoms in total. The van der Waals surface area contributed by atoms with Crippen molar-refractivity contribution in [1.82, 2.24) is 10.2 Å². The number of rotatable bonds is 0. The monoisotopic (exact) mass is 142 g/mol. The molecule has 3 aliphatic rings. The van der Waals surface area contributed by atoms with E-state index in [2.05, 4.69) is 17.3 Å². The molecule has 0 aromatic heterocycles. The summed E-state index contributed by atoms with van der Waals surface area (Å²) >= 11 is 0. The Morgan fingerprint density at radius 2 is 2.40 bits per heavy atom. The van der Waals surface area contributed by atoms with Gasteiger partial charge in [-0.05, 0) is 7.05 Å². The summed E-state index contributed by atoms with van der Waals surface area (Å²) in [5.74, 6) is 0. The van der Waals surface area contributed by atoms with Crippen LogP contribution in [-0.2, 0) is 4.74 Å². The molecule has 2 bridgehead atoms. The summed E-state index contributed by atoms with van der Waals surface area (Å²) in [4.78, 5) is 2.38. The summed E-state index contributed by atoms with van der Waals surface area (Å²) in [5.41, 5.74) is 0. The van der Waals surface area contributed by atoms with Crippen LogP contribution in [0, 0.1) is 0 Å². The first-order chi connectivity index (χ1) is 4.86. The van der Waals surface area contributed by atoms with E-state index in [1.165, 1.54) is 0 Å². The molecule has 3 saturated heterocycles. The summed E-state index contributed by atoms with van der Waals surface area (Å²) in [7, 11) is 2.17. The normalized spacial score (nSPS) is 41.7. The highest BCUT2D eigenvalue weighted by Crippen LogP contribution is 2.09. The Morgan fingerprint density at radius 3 is 3.20 bits per heavy atom. The predicted octanol–water partition coefficient (Wildman–Crippen LogP) is -0.711. The van der Waals surface area contributed by atoms with Gasteiger partial charge in [-0.15, -0.1) is 0 Å². The molecule has 2 atom stereocenters. The lowest BCUT2D eigenvalue weighted by Crippen LogP contribution is -2.54. The highest BCUT2D eigenvalue weighted by Gasteiger charge is 2.28. The minimum absolute atomic E-state index is 0.573. The van der Waals surface area contributed by atoms with Crippen LogP contribution in [0.1, 0.15) is 0 Å². The fourth-order valence-corrected chi connectivity index (χ4v) is 1.66. The summed E-state index contributed by atoms with van der Waals surface area (Å²) in [6, 6.07) is 1.18. The Balaban J connectivity index is 2.07. The number of ether oxygens (including phenoxy) is 1. The van der Waals surface area contributed by atoms with Crippen LogP contribution in [-0.4, -0.2) is 50.3 Å². The molecule has 3 aliphatic heterocycles. The van der Waals surface area contributed by atoms with Crippen molar-refractivity contribution < 1.29 is 4.74 Å². The number of nitrogens with one attached hydrogen (secondary N) is 1. The Hall–Kier alpha value is -0.120. The van der Waals surface area contributed by atoms with Gasteiger partial charge >= 0.3 is 0 Å². The van der Waals surface area contributed by atoms with Crippen molar-refractivity contribution in [1.29, 1.82) is 0 Å². The molecule has 3 heteroatoms. The lowest BCUT2D eigenvalue weighted by molar-refractivity contribution is 0.121. The van der Waals surface area contributed by atoms with Crippen LogP contribution in [0.15, 0.2) is 0 Å². The molecule has 10 heavy (non-hydrogen) atoms. The van der Waals surface area contributed by atoms with E-state index in [0.29, 0.717) is 12.1 Å². The molecule has 1 N–H and O–H groups in total. The third-order valence-corrected chi connectivity index (χ3v) is 2.40. The van der Waals surface area contributed by atoms with Crippen LogP contribution < -0.4 is 5.32 Å². The molecule has 3 rings (SSSR count). The topological polar surface area (TPSA) is 24.5 Å². The smallest absolute Gasteiger partial charge is 0.0634 e. The molecular weight excluding hydrogens is 128 g/mol. The van der Waals surface area contributed by atoms with Crippen LogP contribution >= 0.6 is 0 Å². The average molecular weight is 142 g/mol. The maximum atomic E-state index is 5.45. The second kappa shape index (κ2) is 2.49. The fraction of sp³-hybridized carbons (Fsp3) is 1.00. The molecule has 58 valence electrons. The van der Waals surface area contributed by atoms with Crippen molar-refractivity contribution in [2.45, 2.75) is 12.1 Å². The largest absolute Gasteiger partial charge is 0.378 e. The minimum atomic E-state index is 0.573.